The van der Waals surface area contributed by atoms with E-state index in [0.29, 0.717) is 10.7 Å². The molecule has 2 aliphatic rings. The third-order valence-corrected chi connectivity index (χ3v) is 6.26. The molecule has 24 heavy (non-hydrogen) atoms. The lowest BCUT2D eigenvalue weighted by Crippen LogP contribution is -2.33. The van der Waals surface area contributed by atoms with Crippen LogP contribution in [0.5, 0.6) is 0 Å². The number of thiazole rings is 1. The molecule has 0 bridgehead atoms. The highest BCUT2D eigenvalue weighted by Crippen LogP contribution is 2.29. The van der Waals surface area contributed by atoms with Gasteiger partial charge in [-0.25, -0.2) is 4.98 Å². The number of hydrogen-bond acceptors (Lipinski definition) is 4. The highest BCUT2D eigenvalue weighted by atomic mass is 35.5. The van der Waals surface area contributed by atoms with E-state index in [1.807, 2.05) is 34.5 Å². The minimum absolute atomic E-state index is 0.0689. The van der Waals surface area contributed by atoms with Crippen molar-refractivity contribution in [3.8, 4) is 10.6 Å². The molecule has 4 rings (SSSR count). The largest absolute Gasteiger partial charge is 0.337 e. The molecule has 2 aliphatic heterocycles. The number of aromatic nitrogens is 1. The van der Waals surface area contributed by atoms with Crippen molar-refractivity contribution in [2.45, 2.75) is 12.8 Å². The molecule has 2 fully saturated rings. The average Bonchev–Trinajstić information content (AvgIpc) is 3.21. The zero-order valence-electron chi connectivity index (χ0n) is 13.4. The summed E-state index contributed by atoms with van der Waals surface area (Å²) in [6.45, 7) is 3.89. The van der Waals surface area contributed by atoms with Crippen LogP contribution >= 0.6 is 22.9 Å². The van der Waals surface area contributed by atoms with Crippen molar-refractivity contribution in [3.63, 3.8) is 0 Å². The van der Waals surface area contributed by atoms with Gasteiger partial charge in [0.25, 0.3) is 5.91 Å². The molecule has 0 saturated carbocycles. The molecular weight excluding hydrogens is 342 g/mol. The number of carbonyl (C=O) groups is 1. The van der Waals surface area contributed by atoms with E-state index >= 15 is 0 Å². The molecule has 4 nitrogen and oxygen atoms in total. The zero-order valence-corrected chi connectivity index (χ0v) is 14.9. The van der Waals surface area contributed by atoms with Crippen LogP contribution in [0, 0.1) is 11.8 Å². The first-order chi connectivity index (χ1) is 11.7. The highest BCUT2D eigenvalue weighted by molar-refractivity contribution is 7.13. The SMILES string of the molecule is O=C(c1csc(-c2ccc(Cl)cc2)n1)N1CC[C@@H]2CNC[C@@H]2CC1. The fraction of sp³-hybridized carbons (Fsp3) is 0.444. The Labute approximate surface area is 150 Å². The summed E-state index contributed by atoms with van der Waals surface area (Å²) in [6, 6.07) is 7.58. The predicted octanol–water partition coefficient (Wildman–Crippen LogP) is 3.54. The smallest absolute Gasteiger partial charge is 0.273 e. The maximum atomic E-state index is 12.8. The van der Waals surface area contributed by atoms with Gasteiger partial charge in [0.05, 0.1) is 0 Å². The number of halogens is 1. The summed E-state index contributed by atoms with van der Waals surface area (Å²) in [5, 5.41) is 6.92. The van der Waals surface area contributed by atoms with Crippen LogP contribution in [0.15, 0.2) is 29.6 Å². The first-order valence-electron chi connectivity index (χ1n) is 8.42. The fourth-order valence-electron chi connectivity index (χ4n) is 3.68. The van der Waals surface area contributed by atoms with Crippen LogP contribution in [-0.4, -0.2) is 42.0 Å². The van der Waals surface area contributed by atoms with Gasteiger partial charge in [0.2, 0.25) is 0 Å². The van der Waals surface area contributed by atoms with Crippen molar-refractivity contribution in [2.75, 3.05) is 26.2 Å². The van der Waals surface area contributed by atoms with Gasteiger partial charge in [0.15, 0.2) is 0 Å². The molecule has 2 saturated heterocycles. The highest BCUT2D eigenvalue weighted by Gasteiger charge is 2.32. The number of fused-ring (bicyclic) bond motifs is 1. The second-order valence-corrected chi connectivity index (χ2v) is 7.89. The van der Waals surface area contributed by atoms with Crippen molar-refractivity contribution in [2.24, 2.45) is 11.8 Å². The van der Waals surface area contributed by atoms with Crippen LogP contribution in [0.1, 0.15) is 23.3 Å². The van der Waals surface area contributed by atoms with Crippen molar-refractivity contribution >= 4 is 28.8 Å². The number of nitrogens with one attached hydrogen (secondary N) is 1. The normalized spacial score (nSPS) is 23.8. The first-order valence-corrected chi connectivity index (χ1v) is 9.68. The van der Waals surface area contributed by atoms with Crippen molar-refractivity contribution in [1.82, 2.24) is 15.2 Å². The van der Waals surface area contributed by atoms with Gasteiger partial charge in [-0.1, -0.05) is 23.7 Å². The number of benzene rings is 1. The van der Waals surface area contributed by atoms with Crippen LogP contribution in [0.2, 0.25) is 5.02 Å². The Balaban J connectivity index is 1.47. The van der Waals surface area contributed by atoms with Gasteiger partial charge in [-0.3, -0.25) is 4.79 Å². The Morgan fingerprint density at radius 3 is 2.50 bits per heavy atom. The Kier molecular flexibility index (Phi) is 4.57. The van der Waals surface area contributed by atoms with Crippen LogP contribution in [0.25, 0.3) is 10.6 Å². The number of hydrogen-bond donors (Lipinski definition) is 1. The number of amides is 1. The van der Waals surface area contributed by atoms with E-state index in [2.05, 4.69) is 10.3 Å². The summed E-state index contributed by atoms with van der Waals surface area (Å²) in [5.74, 6) is 1.52. The van der Waals surface area contributed by atoms with Crippen LogP contribution in [-0.2, 0) is 0 Å². The van der Waals surface area contributed by atoms with Crippen LogP contribution in [0.4, 0.5) is 0 Å². The Hall–Kier alpha value is -1.43. The summed E-state index contributed by atoms with van der Waals surface area (Å²) in [5.41, 5.74) is 1.56. The predicted molar refractivity (Wildman–Crippen MR) is 97.5 cm³/mol. The van der Waals surface area contributed by atoms with Gasteiger partial charge >= 0.3 is 0 Å². The van der Waals surface area contributed by atoms with E-state index in [1.165, 1.54) is 11.3 Å². The Morgan fingerprint density at radius 1 is 1.17 bits per heavy atom. The van der Waals surface area contributed by atoms with Gasteiger partial charge < -0.3 is 10.2 Å². The summed E-state index contributed by atoms with van der Waals surface area (Å²) in [6.07, 6.45) is 2.19. The van der Waals surface area contributed by atoms with Crippen molar-refractivity contribution in [3.05, 3.63) is 40.4 Å². The van der Waals surface area contributed by atoms with E-state index in [0.717, 1.165) is 61.4 Å². The zero-order chi connectivity index (χ0) is 16.5. The maximum absolute atomic E-state index is 12.8. The van der Waals surface area contributed by atoms with Gasteiger partial charge in [-0.05, 0) is 49.9 Å². The molecule has 1 amide bonds. The Morgan fingerprint density at radius 2 is 1.83 bits per heavy atom. The average molecular weight is 362 g/mol. The van der Waals surface area contributed by atoms with Crippen molar-refractivity contribution in [1.29, 1.82) is 0 Å². The van der Waals surface area contributed by atoms with E-state index in [9.17, 15) is 4.79 Å². The summed E-state index contributed by atoms with van der Waals surface area (Å²) in [4.78, 5) is 19.3. The quantitative estimate of drug-likeness (QED) is 0.889. The third-order valence-electron chi connectivity index (χ3n) is 5.12. The topological polar surface area (TPSA) is 45.2 Å². The molecule has 1 aromatic heterocycles. The number of likely N-dealkylation sites (tertiary alicyclic amines) is 1. The lowest BCUT2D eigenvalue weighted by molar-refractivity contribution is 0.0753. The summed E-state index contributed by atoms with van der Waals surface area (Å²) < 4.78 is 0. The molecule has 126 valence electrons. The third kappa shape index (κ3) is 3.21. The molecule has 3 heterocycles. The van der Waals surface area contributed by atoms with Gasteiger partial charge in [0.1, 0.15) is 10.7 Å². The molecule has 0 radical (unpaired) electrons. The minimum atomic E-state index is 0.0689. The molecule has 0 aliphatic carbocycles. The molecular formula is C18H20ClN3OS. The molecule has 6 heteroatoms. The molecule has 1 N–H and O–H groups in total. The first kappa shape index (κ1) is 16.1. The van der Waals surface area contributed by atoms with Gasteiger partial charge in [0, 0.05) is 29.1 Å². The second-order valence-electron chi connectivity index (χ2n) is 6.59. The molecule has 1 aromatic carbocycles. The standard InChI is InChI=1S/C18H20ClN3OS/c19-15-3-1-12(2-4-15)17-21-16(11-24-17)18(23)22-7-5-13-9-20-10-14(13)6-8-22/h1-4,11,13-14,20H,5-10H2/t13-,14+. The second kappa shape index (κ2) is 6.82. The Bertz CT molecular complexity index is 716. The monoisotopic (exact) mass is 361 g/mol. The lowest BCUT2D eigenvalue weighted by atomic mass is 9.92. The maximum Gasteiger partial charge on any atom is 0.273 e. The number of rotatable bonds is 2. The van der Waals surface area contributed by atoms with Crippen LogP contribution in [0.3, 0.4) is 0 Å². The summed E-state index contributed by atoms with van der Waals surface area (Å²) in [7, 11) is 0. The summed E-state index contributed by atoms with van der Waals surface area (Å²) >= 11 is 7.44. The van der Waals surface area contributed by atoms with Crippen molar-refractivity contribution < 1.29 is 4.79 Å². The number of carbonyl (C=O) groups excluding carboxylic acids is 1. The molecule has 2 aromatic rings. The van der Waals surface area contributed by atoms with Gasteiger partial charge in [-0.15, -0.1) is 11.3 Å². The fourth-order valence-corrected chi connectivity index (χ4v) is 4.61. The molecule has 0 unspecified atom stereocenters. The van der Waals surface area contributed by atoms with E-state index in [1.54, 1.807) is 0 Å². The van der Waals surface area contributed by atoms with E-state index in [-0.39, 0.29) is 5.91 Å². The van der Waals surface area contributed by atoms with E-state index < -0.39 is 0 Å². The van der Waals surface area contributed by atoms with E-state index in [4.69, 9.17) is 11.6 Å². The lowest BCUT2D eigenvalue weighted by Gasteiger charge is -2.19. The molecule has 2 atom stereocenters. The molecule has 0 spiro atoms. The number of nitrogens with zero attached hydrogens (tertiary/aromatic N) is 2. The minimum Gasteiger partial charge on any atom is -0.337 e. The van der Waals surface area contributed by atoms with Crippen LogP contribution < -0.4 is 5.32 Å². The van der Waals surface area contributed by atoms with Gasteiger partial charge in [-0.2, -0.15) is 0 Å².